The second kappa shape index (κ2) is 67.4. The molecule has 0 rings (SSSR count). The van der Waals surface area contributed by atoms with Gasteiger partial charge in [-0.25, -0.2) is 0 Å². The van der Waals surface area contributed by atoms with Crippen LogP contribution in [0.25, 0.3) is 0 Å². The van der Waals surface area contributed by atoms with Crippen molar-refractivity contribution >= 4 is 17.9 Å². The molecule has 6 heteroatoms. The Bertz CT molecular complexity index is 1450. The summed E-state index contributed by atoms with van der Waals surface area (Å²) in [7, 11) is 0. The van der Waals surface area contributed by atoms with Gasteiger partial charge in [-0.3, -0.25) is 14.4 Å². The molecule has 0 aromatic heterocycles. The zero-order chi connectivity index (χ0) is 57.1. The predicted molar refractivity (Wildman–Crippen MR) is 344 cm³/mol. The van der Waals surface area contributed by atoms with E-state index in [9.17, 15) is 14.4 Å². The number of hydrogen-bond acceptors (Lipinski definition) is 6. The fourth-order valence-corrected chi connectivity index (χ4v) is 9.95. The van der Waals surface area contributed by atoms with E-state index in [1.165, 1.54) is 225 Å². The lowest BCUT2D eigenvalue weighted by molar-refractivity contribution is -0.167. The van der Waals surface area contributed by atoms with Gasteiger partial charge in [-0.05, 0) is 116 Å². The van der Waals surface area contributed by atoms with Gasteiger partial charge in [0.1, 0.15) is 13.2 Å². The SMILES string of the molecule is CCCCC/C=C\C/C=C\CCCCCCCCCC(=O)OCC(COC(=O)CCCCCCCCCCCCCCCCC/C=C\C/C=C\CCCCCCC)OC(=O)CCCCCCCCC/C=C\C/C=C\CCCCC. The van der Waals surface area contributed by atoms with Crippen LogP contribution in [-0.4, -0.2) is 37.2 Å². The van der Waals surface area contributed by atoms with Crippen LogP contribution in [0.3, 0.4) is 0 Å². The van der Waals surface area contributed by atoms with Gasteiger partial charge in [0.05, 0.1) is 0 Å². The molecule has 0 bridgehead atoms. The smallest absolute Gasteiger partial charge is 0.306 e. The zero-order valence-corrected chi connectivity index (χ0v) is 52.6. The number of rotatable bonds is 63. The largest absolute Gasteiger partial charge is 0.462 e. The van der Waals surface area contributed by atoms with E-state index < -0.39 is 6.10 Å². The molecule has 79 heavy (non-hydrogen) atoms. The van der Waals surface area contributed by atoms with Crippen molar-refractivity contribution in [3.05, 3.63) is 72.9 Å². The first kappa shape index (κ1) is 75.8. The molecule has 0 spiro atoms. The molecule has 0 aromatic rings. The van der Waals surface area contributed by atoms with Gasteiger partial charge in [-0.1, -0.05) is 293 Å². The van der Waals surface area contributed by atoms with Crippen molar-refractivity contribution in [3.8, 4) is 0 Å². The minimum absolute atomic E-state index is 0.0790. The van der Waals surface area contributed by atoms with E-state index >= 15 is 0 Å². The van der Waals surface area contributed by atoms with E-state index in [-0.39, 0.29) is 31.1 Å². The van der Waals surface area contributed by atoms with Crippen LogP contribution in [0.5, 0.6) is 0 Å². The number of carbonyl (C=O) groups excluding carboxylic acids is 3. The summed E-state index contributed by atoms with van der Waals surface area (Å²) in [5, 5.41) is 0. The summed E-state index contributed by atoms with van der Waals surface area (Å²) in [5.74, 6) is -0.877. The molecular weight excluding hydrogens is 973 g/mol. The van der Waals surface area contributed by atoms with Crippen molar-refractivity contribution in [1.82, 2.24) is 0 Å². The molecule has 0 heterocycles. The van der Waals surface area contributed by atoms with E-state index in [4.69, 9.17) is 14.2 Å². The molecule has 1 unspecified atom stereocenters. The Labute approximate surface area is 491 Å². The molecule has 0 saturated carbocycles. The highest BCUT2D eigenvalue weighted by Crippen LogP contribution is 2.17. The Morgan fingerprint density at radius 3 is 0.722 bits per heavy atom. The fraction of sp³-hybridized carbons (Fsp3) is 0.795. The standard InChI is InChI=1S/C73H130O6/c1-4-7-10-13-16-19-22-25-28-31-32-33-34-35-36-37-38-39-40-43-45-48-51-54-57-60-63-66-72(75)78-69-70(79-73(76)67-64-61-58-55-52-49-46-42-30-27-24-21-18-15-12-9-6-3)68-77-71(74)65-62-59-56-53-50-47-44-41-29-26-23-20-17-14-11-8-5-2/h17-18,20-22,25-27,29-32,70H,4-16,19,23-24,28,33-69H2,1-3H3/b20-17-,21-18-,25-22-,29-26-,30-27-,32-31-. The Morgan fingerprint density at radius 1 is 0.253 bits per heavy atom. The molecule has 0 aliphatic carbocycles. The van der Waals surface area contributed by atoms with E-state index in [0.29, 0.717) is 19.3 Å². The quantitative estimate of drug-likeness (QED) is 0.0261. The molecule has 6 nitrogen and oxygen atoms in total. The Balaban J connectivity index is 4.30. The minimum Gasteiger partial charge on any atom is -0.462 e. The normalized spacial score (nSPS) is 12.5. The van der Waals surface area contributed by atoms with E-state index in [2.05, 4.69) is 93.7 Å². The van der Waals surface area contributed by atoms with Gasteiger partial charge < -0.3 is 14.2 Å². The topological polar surface area (TPSA) is 78.9 Å². The van der Waals surface area contributed by atoms with Crippen molar-refractivity contribution in [2.45, 2.75) is 361 Å². The summed E-state index contributed by atoms with van der Waals surface area (Å²) in [6.07, 6.45) is 87.7. The van der Waals surface area contributed by atoms with Crippen LogP contribution in [-0.2, 0) is 28.6 Å². The van der Waals surface area contributed by atoms with Crippen molar-refractivity contribution in [1.29, 1.82) is 0 Å². The minimum atomic E-state index is -0.784. The summed E-state index contributed by atoms with van der Waals surface area (Å²) in [6, 6.07) is 0. The maximum Gasteiger partial charge on any atom is 0.306 e. The van der Waals surface area contributed by atoms with Crippen LogP contribution < -0.4 is 0 Å². The second-order valence-electron chi connectivity index (χ2n) is 23.1. The number of ether oxygens (including phenoxy) is 3. The maximum absolute atomic E-state index is 12.9. The predicted octanol–water partition coefficient (Wildman–Crippen LogP) is 23.7. The van der Waals surface area contributed by atoms with Gasteiger partial charge >= 0.3 is 17.9 Å². The summed E-state index contributed by atoms with van der Waals surface area (Å²) in [6.45, 7) is 6.61. The third-order valence-electron chi connectivity index (χ3n) is 15.2. The van der Waals surface area contributed by atoms with Gasteiger partial charge in [-0.15, -0.1) is 0 Å². The third kappa shape index (κ3) is 65.5. The maximum atomic E-state index is 12.9. The molecular formula is C73H130O6. The molecule has 0 aliphatic rings. The number of carbonyl (C=O) groups is 3. The third-order valence-corrected chi connectivity index (χ3v) is 15.2. The van der Waals surface area contributed by atoms with Gasteiger partial charge in [0.25, 0.3) is 0 Å². The molecule has 0 radical (unpaired) electrons. The first-order valence-electron chi connectivity index (χ1n) is 34.4. The average molecular weight is 1100 g/mol. The Hall–Kier alpha value is -3.15. The van der Waals surface area contributed by atoms with Crippen molar-refractivity contribution in [2.24, 2.45) is 0 Å². The van der Waals surface area contributed by atoms with Crippen LogP contribution >= 0.6 is 0 Å². The Kier molecular flexibility index (Phi) is 64.7. The molecule has 0 N–H and O–H groups in total. The highest BCUT2D eigenvalue weighted by molar-refractivity contribution is 5.71. The first-order valence-corrected chi connectivity index (χ1v) is 34.4. The highest BCUT2D eigenvalue weighted by Gasteiger charge is 2.19. The first-order chi connectivity index (χ1) is 39.0. The van der Waals surface area contributed by atoms with E-state index in [1.807, 2.05) is 0 Å². The average Bonchev–Trinajstić information content (AvgIpc) is 3.45. The molecule has 0 aliphatic heterocycles. The van der Waals surface area contributed by atoms with Crippen LogP contribution in [0.4, 0.5) is 0 Å². The summed E-state index contributed by atoms with van der Waals surface area (Å²) in [4.78, 5) is 38.4. The molecule has 458 valence electrons. The van der Waals surface area contributed by atoms with E-state index in [0.717, 1.165) is 89.9 Å². The molecule has 0 saturated heterocycles. The monoisotopic (exact) mass is 1100 g/mol. The highest BCUT2D eigenvalue weighted by atomic mass is 16.6. The molecule has 0 amide bonds. The van der Waals surface area contributed by atoms with Gasteiger partial charge in [0.15, 0.2) is 6.10 Å². The lowest BCUT2D eigenvalue weighted by atomic mass is 10.0. The zero-order valence-electron chi connectivity index (χ0n) is 52.6. The lowest BCUT2D eigenvalue weighted by Crippen LogP contribution is -2.30. The van der Waals surface area contributed by atoms with Crippen molar-refractivity contribution in [2.75, 3.05) is 13.2 Å². The van der Waals surface area contributed by atoms with Gasteiger partial charge in [-0.2, -0.15) is 0 Å². The number of unbranched alkanes of at least 4 members (excludes halogenated alkanes) is 40. The Morgan fingerprint density at radius 2 is 0.456 bits per heavy atom. The van der Waals surface area contributed by atoms with Crippen LogP contribution in [0.1, 0.15) is 355 Å². The van der Waals surface area contributed by atoms with Crippen LogP contribution in [0, 0.1) is 0 Å². The fourth-order valence-electron chi connectivity index (χ4n) is 9.95. The number of esters is 3. The molecule has 0 fully saturated rings. The van der Waals surface area contributed by atoms with Crippen LogP contribution in [0.2, 0.25) is 0 Å². The number of hydrogen-bond donors (Lipinski definition) is 0. The summed E-state index contributed by atoms with van der Waals surface area (Å²) >= 11 is 0. The van der Waals surface area contributed by atoms with Gasteiger partial charge in [0, 0.05) is 19.3 Å². The van der Waals surface area contributed by atoms with Crippen molar-refractivity contribution < 1.29 is 28.6 Å². The van der Waals surface area contributed by atoms with Crippen molar-refractivity contribution in [3.63, 3.8) is 0 Å². The summed E-state index contributed by atoms with van der Waals surface area (Å²) < 4.78 is 17.0. The van der Waals surface area contributed by atoms with Crippen LogP contribution in [0.15, 0.2) is 72.9 Å². The second-order valence-corrected chi connectivity index (χ2v) is 23.1. The number of allylic oxidation sites excluding steroid dienone is 12. The van der Waals surface area contributed by atoms with Gasteiger partial charge in [0.2, 0.25) is 0 Å². The molecule has 1 atom stereocenters. The summed E-state index contributed by atoms with van der Waals surface area (Å²) in [5.41, 5.74) is 0. The molecule has 0 aromatic carbocycles. The van der Waals surface area contributed by atoms with E-state index in [1.54, 1.807) is 0 Å². The lowest BCUT2D eigenvalue weighted by Gasteiger charge is -2.18.